The average molecular weight is 263 g/mol. The molecule has 1 amide bonds. The smallest absolute Gasteiger partial charge is 0.263 e. The highest BCUT2D eigenvalue weighted by Gasteiger charge is 2.18. The highest BCUT2D eigenvalue weighted by atomic mass is 32.1. The topological polar surface area (TPSA) is 68.0 Å². The van der Waals surface area contributed by atoms with Gasteiger partial charge in [0.05, 0.1) is 5.69 Å². The Labute approximate surface area is 110 Å². The largest absolute Gasteiger partial charge is 0.397 e. The van der Waals surface area contributed by atoms with Gasteiger partial charge in [-0.2, -0.15) is 0 Å². The number of hydrogen-bond donors (Lipinski definition) is 2. The number of thiophene rings is 1. The molecule has 96 valence electrons. The third kappa shape index (κ3) is 2.18. The summed E-state index contributed by atoms with van der Waals surface area (Å²) in [5, 5.41) is 3.76. The van der Waals surface area contributed by atoms with Crippen molar-refractivity contribution in [3.05, 3.63) is 22.2 Å². The van der Waals surface area contributed by atoms with Crippen molar-refractivity contribution in [2.24, 2.45) is 0 Å². The molecule has 2 aromatic rings. The van der Waals surface area contributed by atoms with Crippen LogP contribution < -0.4 is 11.1 Å². The van der Waals surface area contributed by atoms with E-state index in [4.69, 9.17) is 5.73 Å². The molecule has 0 saturated heterocycles. The van der Waals surface area contributed by atoms with Gasteiger partial charge in [0.25, 0.3) is 5.91 Å². The summed E-state index contributed by atoms with van der Waals surface area (Å²) >= 11 is 1.36. The van der Waals surface area contributed by atoms with E-state index in [9.17, 15) is 4.79 Å². The number of aryl methyl sites for hydroxylation is 2. The van der Waals surface area contributed by atoms with Crippen molar-refractivity contribution in [1.82, 2.24) is 10.3 Å². The van der Waals surface area contributed by atoms with E-state index in [1.54, 1.807) is 0 Å². The third-order valence-electron chi connectivity index (χ3n) is 2.77. The van der Waals surface area contributed by atoms with Gasteiger partial charge in [-0.1, -0.05) is 6.92 Å². The normalized spacial score (nSPS) is 10.8. The Balaban J connectivity index is 2.50. The molecule has 0 aliphatic rings. The van der Waals surface area contributed by atoms with Gasteiger partial charge < -0.3 is 11.1 Å². The molecule has 0 unspecified atom stereocenters. The first-order valence-corrected chi connectivity index (χ1v) is 6.80. The number of aromatic nitrogens is 1. The van der Waals surface area contributed by atoms with E-state index in [-0.39, 0.29) is 5.91 Å². The number of pyridine rings is 1. The Bertz CT molecular complexity index is 604. The fourth-order valence-electron chi connectivity index (χ4n) is 1.96. The molecule has 3 N–H and O–H groups in total. The molecule has 2 heterocycles. The number of fused-ring (bicyclic) bond motifs is 1. The quantitative estimate of drug-likeness (QED) is 0.894. The van der Waals surface area contributed by atoms with E-state index in [1.165, 1.54) is 11.3 Å². The second kappa shape index (κ2) is 4.94. The van der Waals surface area contributed by atoms with E-state index in [2.05, 4.69) is 10.3 Å². The predicted molar refractivity (Wildman–Crippen MR) is 76.1 cm³/mol. The lowest BCUT2D eigenvalue weighted by atomic mass is 10.1. The van der Waals surface area contributed by atoms with Crippen LogP contribution in [0, 0.1) is 13.8 Å². The number of anilines is 1. The molecule has 0 fully saturated rings. The van der Waals surface area contributed by atoms with Crippen LogP contribution in [0.5, 0.6) is 0 Å². The number of nitrogens with one attached hydrogen (secondary N) is 1. The van der Waals surface area contributed by atoms with Crippen LogP contribution in [0.25, 0.3) is 10.2 Å². The maximum Gasteiger partial charge on any atom is 0.263 e. The standard InChI is InChI=1S/C13H17N3OS/c1-4-5-15-12(17)11-10(14)9-7(2)6-8(3)16-13(9)18-11/h6H,4-5,14H2,1-3H3,(H,15,17). The van der Waals surface area contributed by atoms with E-state index in [0.29, 0.717) is 17.1 Å². The summed E-state index contributed by atoms with van der Waals surface area (Å²) in [6, 6.07) is 1.99. The number of rotatable bonds is 3. The fraction of sp³-hybridized carbons (Fsp3) is 0.385. The maximum absolute atomic E-state index is 12.0. The number of nitrogens with zero attached hydrogens (tertiary/aromatic N) is 1. The summed E-state index contributed by atoms with van der Waals surface area (Å²) in [7, 11) is 0. The number of nitrogens with two attached hydrogens (primary N) is 1. The third-order valence-corrected chi connectivity index (χ3v) is 3.86. The first-order chi connectivity index (χ1) is 8.54. The minimum atomic E-state index is -0.102. The molecule has 5 heteroatoms. The maximum atomic E-state index is 12.0. The SMILES string of the molecule is CCCNC(=O)c1sc2nc(C)cc(C)c2c1N. The van der Waals surface area contributed by atoms with Gasteiger partial charge >= 0.3 is 0 Å². The summed E-state index contributed by atoms with van der Waals surface area (Å²) in [5.74, 6) is -0.102. The molecule has 2 aromatic heterocycles. The molecular weight excluding hydrogens is 246 g/mol. The zero-order chi connectivity index (χ0) is 13.3. The number of nitrogen functional groups attached to an aromatic ring is 1. The Morgan fingerprint density at radius 3 is 2.89 bits per heavy atom. The van der Waals surface area contributed by atoms with Crippen molar-refractivity contribution in [1.29, 1.82) is 0 Å². The van der Waals surface area contributed by atoms with E-state index >= 15 is 0 Å². The van der Waals surface area contributed by atoms with Crippen LogP contribution in [0.15, 0.2) is 6.07 Å². The summed E-state index contributed by atoms with van der Waals surface area (Å²) in [6.45, 7) is 6.62. The molecular formula is C13H17N3OS. The van der Waals surface area contributed by atoms with Crippen molar-refractivity contribution in [3.63, 3.8) is 0 Å². The van der Waals surface area contributed by atoms with Crippen LogP contribution in [0.4, 0.5) is 5.69 Å². The molecule has 0 bridgehead atoms. The highest BCUT2D eigenvalue weighted by Crippen LogP contribution is 2.34. The van der Waals surface area contributed by atoms with Crippen molar-refractivity contribution in [3.8, 4) is 0 Å². The van der Waals surface area contributed by atoms with Crippen molar-refractivity contribution in [2.45, 2.75) is 27.2 Å². The first kappa shape index (κ1) is 12.8. The van der Waals surface area contributed by atoms with Gasteiger partial charge in [0.1, 0.15) is 9.71 Å². The molecule has 0 radical (unpaired) electrons. The molecule has 18 heavy (non-hydrogen) atoms. The second-order valence-corrected chi connectivity index (χ2v) is 5.36. The number of amides is 1. The van der Waals surface area contributed by atoms with Gasteiger partial charge in [0.15, 0.2) is 0 Å². The molecule has 0 aliphatic carbocycles. The Morgan fingerprint density at radius 1 is 1.50 bits per heavy atom. The molecule has 0 spiro atoms. The summed E-state index contributed by atoms with van der Waals surface area (Å²) < 4.78 is 0. The van der Waals surface area contributed by atoms with Gasteiger partial charge in [-0.15, -0.1) is 11.3 Å². The minimum absolute atomic E-state index is 0.102. The lowest BCUT2D eigenvalue weighted by Crippen LogP contribution is -2.23. The second-order valence-electron chi connectivity index (χ2n) is 4.36. The van der Waals surface area contributed by atoms with Crippen LogP contribution in [-0.2, 0) is 0 Å². The first-order valence-electron chi connectivity index (χ1n) is 5.99. The molecule has 2 rings (SSSR count). The lowest BCUT2D eigenvalue weighted by molar-refractivity contribution is 0.0958. The lowest BCUT2D eigenvalue weighted by Gasteiger charge is -2.02. The van der Waals surface area contributed by atoms with Crippen molar-refractivity contribution < 1.29 is 4.79 Å². The van der Waals surface area contributed by atoms with E-state index < -0.39 is 0 Å². The minimum Gasteiger partial charge on any atom is -0.397 e. The zero-order valence-corrected chi connectivity index (χ0v) is 11.6. The number of hydrogen-bond acceptors (Lipinski definition) is 4. The Kier molecular flexibility index (Phi) is 3.52. The van der Waals surface area contributed by atoms with Gasteiger partial charge in [-0.05, 0) is 31.9 Å². The summed E-state index contributed by atoms with van der Waals surface area (Å²) in [5.41, 5.74) is 8.64. The molecule has 0 aliphatic heterocycles. The number of carbonyl (C=O) groups is 1. The van der Waals surface area contributed by atoms with Gasteiger partial charge in [-0.3, -0.25) is 4.79 Å². The number of carbonyl (C=O) groups excluding carboxylic acids is 1. The van der Waals surface area contributed by atoms with Gasteiger partial charge in [-0.25, -0.2) is 4.98 Å². The van der Waals surface area contributed by atoms with Crippen molar-refractivity contribution >= 4 is 33.1 Å². The fourth-order valence-corrected chi connectivity index (χ4v) is 3.09. The van der Waals surface area contributed by atoms with Crippen LogP contribution in [0.2, 0.25) is 0 Å². The van der Waals surface area contributed by atoms with E-state index in [1.807, 2.05) is 26.8 Å². The molecule has 0 saturated carbocycles. The van der Waals surface area contributed by atoms with Crippen LogP contribution in [0.1, 0.15) is 34.3 Å². The molecule has 0 aromatic carbocycles. The average Bonchev–Trinajstić information content (AvgIpc) is 2.63. The van der Waals surface area contributed by atoms with Crippen LogP contribution >= 0.6 is 11.3 Å². The zero-order valence-electron chi connectivity index (χ0n) is 10.8. The van der Waals surface area contributed by atoms with Gasteiger partial charge in [0, 0.05) is 17.6 Å². The van der Waals surface area contributed by atoms with Crippen LogP contribution in [0.3, 0.4) is 0 Å². The summed E-state index contributed by atoms with van der Waals surface area (Å²) in [4.78, 5) is 17.8. The monoisotopic (exact) mass is 263 g/mol. The Hall–Kier alpha value is -1.62. The predicted octanol–water partition coefficient (Wildman–Crippen LogP) is 2.64. The van der Waals surface area contributed by atoms with E-state index in [0.717, 1.165) is 27.9 Å². The summed E-state index contributed by atoms with van der Waals surface area (Å²) in [6.07, 6.45) is 0.910. The van der Waals surface area contributed by atoms with Gasteiger partial charge in [0.2, 0.25) is 0 Å². The molecule has 4 nitrogen and oxygen atoms in total. The highest BCUT2D eigenvalue weighted by molar-refractivity contribution is 7.21. The Morgan fingerprint density at radius 2 is 2.22 bits per heavy atom. The molecule has 0 atom stereocenters. The van der Waals surface area contributed by atoms with Crippen LogP contribution in [-0.4, -0.2) is 17.4 Å². The van der Waals surface area contributed by atoms with Crippen molar-refractivity contribution in [2.75, 3.05) is 12.3 Å².